The van der Waals surface area contributed by atoms with Crippen LogP contribution in [0.4, 0.5) is 0 Å². The number of rotatable bonds is 8. The average Bonchev–Trinajstić information content (AvgIpc) is 2.56. The van der Waals surface area contributed by atoms with Crippen molar-refractivity contribution in [3.8, 4) is 0 Å². The lowest BCUT2D eigenvalue weighted by molar-refractivity contribution is 0.229. The van der Waals surface area contributed by atoms with E-state index in [4.69, 9.17) is 9.05 Å². The molecule has 0 spiro atoms. The summed E-state index contributed by atoms with van der Waals surface area (Å²) in [4.78, 5) is 0. The molecule has 0 unspecified atom stereocenters. The van der Waals surface area contributed by atoms with Crippen molar-refractivity contribution in [2.24, 2.45) is 0 Å². The second-order valence-electron chi connectivity index (χ2n) is 5.05. The standard InChI is InChI=1S/C19H23O3P/c1-3-21-23(20,22-4-2)15-14-18-12-8-9-13-19(18)16-17-10-6-5-7-11-17/h5-15H,3-4,16H2,1-2H3/b15-14+. The second-order valence-corrected chi connectivity index (χ2v) is 6.95. The Balaban J connectivity index is 2.23. The van der Waals surface area contributed by atoms with Gasteiger partial charge in [-0.05, 0) is 43.0 Å². The maximum absolute atomic E-state index is 12.5. The van der Waals surface area contributed by atoms with Gasteiger partial charge in [0.15, 0.2) is 0 Å². The molecule has 4 heteroatoms. The molecule has 0 fully saturated rings. The van der Waals surface area contributed by atoms with Gasteiger partial charge in [0.05, 0.1) is 13.2 Å². The molecule has 3 nitrogen and oxygen atoms in total. The van der Waals surface area contributed by atoms with Crippen molar-refractivity contribution < 1.29 is 13.6 Å². The first-order valence-electron chi connectivity index (χ1n) is 7.86. The third-order valence-corrected chi connectivity index (χ3v) is 5.10. The van der Waals surface area contributed by atoms with Crippen molar-refractivity contribution >= 4 is 13.7 Å². The SMILES string of the molecule is CCOP(=O)(/C=C/c1ccccc1Cc1ccccc1)OCC. The Morgan fingerprint density at radius 3 is 2.17 bits per heavy atom. The largest absolute Gasteiger partial charge is 0.354 e. The van der Waals surface area contributed by atoms with Gasteiger partial charge in [0.1, 0.15) is 0 Å². The molecule has 0 saturated carbocycles. The third-order valence-electron chi connectivity index (χ3n) is 3.35. The van der Waals surface area contributed by atoms with Gasteiger partial charge < -0.3 is 9.05 Å². The Hall–Kier alpha value is -1.67. The summed E-state index contributed by atoms with van der Waals surface area (Å²) in [5, 5.41) is 0. The summed E-state index contributed by atoms with van der Waals surface area (Å²) in [6.07, 6.45) is 2.67. The molecule has 0 saturated heterocycles. The number of hydrogen-bond acceptors (Lipinski definition) is 3. The Labute approximate surface area is 138 Å². The van der Waals surface area contributed by atoms with E-state index in [0.29, 0.717) is 13.2 Å². The molecule has 0 N–H and O–H groups in total. The lowest BCUT2D eigenvalue weighted by atomic mass is 10.00. The van der Waals surface area contributed by atoms with E-state index in [9.17, 15) is 4.57 Å². The van der Waals surface area contributed by atoms with Crippen LogP contribution >= 0.6 is 7.60 Å². The van der Waals surface area contributed by atoms with Crippen LogP contribution in [-0.2, 0) is 20.0 Å². The van der Waals surface area contributed by atoms with Gasteiger partial charge in [-0.1, -0.05) is 54.6 Å². The van der Waals surface area contributed by atoms with Crippen molar-refractivity contribution in [3.63, 3.8) is 0 Å². The van der Waals surface area contributed by atoms with Crippen molar-refractivity contribution in [1.82, 2.24) is 0 Å². The van der Waals surface area contributed by atoms with Crippen LogP contribution in [0.15, 0.2) is 60.4 Å². The summed E-state index contributed by atoms with van der Waals surface area (Å²) >= 11 is 0. The second kappa shape index (κ2) is 8.83. The Bertz CT molecular complexity index is 670. The van der Waals surface area contributed by atoms with E-state index in [0.717, 1.165) is 12.0 Å². The van der Waals surface area contributed by atoms with Crippen LogP contribution < -0.4 is 0 Å². The van der Waals surface area contributed by atoms with Crippen molar-refractivity contribution in [1.29, 1.82) is 0 Å². The van der Waals surface area contributed by atoms with Gasteiger partial charge in [-0.3, -0.25) is 4.57 Å². The van der Waals surface area contributed by atoms with E-state index >= 15 is 0 Å². The summed E-state index contributed by atoms with van der Waals surface area (Å²) in [7, 11) is -3.17. The predicted octanol–water partition coefficient (Wildman–Crippen LogP) is 5.51. The van der Waals surface area contributed by atoms with Gasteiger partial charge in [0.25, 0.3) is 0 Å². The predicted molar refractivity (Wildman–Crippen MR) is 95.6 cm³/mol. The van der Waals surface area contributed by atoms with E-state index < -0.39 is 7.60 Å². The van der Waals surface area contributed by atoms with Crippen LogP contribution in [0.5, 0.6) is 0 Å². The molecule has 0 aliphatic carbocycles. The zero-order valence-electron chi connectivity index (χ0n) is 13.6. The zero-order chi connectivity index (χ0) is 16.5. The van der Waals surface area contributed by atoms with E-state index in [1.807, 2.05) is 56.3 Å². The minimum absolute atomic E-state index is 0.354. The van der Waals surface area contributed by atoms with Gasteiger partial charge in [-0.25, -0.2) is 0 Å². The van der Waals surface area contributed by atoms with Gasteiger partial charge in [0, 0.05) is 5.82 Å². The monoisotopic (exact) mass is 330 g/mol. The highest BCUT2D eigenvalue weighted by Crippen LogP contribution is 2.50. The fourth-order valence-electron chi connectivity index (χ4n) is 2.33. The third kappa shape index (κ3) is 5.47. The van der Waals surface area contributed by atoms with Gasteiger partial charge >= 0.3 is 7.60 Å². The molecule has 0 bridgehead atoms. The summed E-state index contributed by atoms with van der Waals surface area (Å²) in [6, 6.07) is 18.4. The molecular weight excluding hydrogens is 307 g/mol. The van der Waals surface area contributed by atoms with Crippen molar-refractivity contribution in [2.45, 2.75) is 20.3 Å². The summed E-state index contributed by atoms with van der Waals surface area (Å²) in [5.41, 5.74) is 3.44. The average molecular weight is 330 g/mol. The number of hydrogen-bond donors (Lipinski definition) is 0. The highest BCUT2D eigenvalue weighted by molar-refractivity contribution is 7.57. The van der Waals surface area contributed by atoms with Crippen LogP contribution in [0.3, 0.4) is 0 Å². The van der Waals surface area contributed by atoms with E-state index in [2.05, 4.69) is 18.2 Å². The molecule has 2 aromatic rings. The first-order valence-corrected chi connectivity index (χ1v) is 9.48. The highest BCUT2D eigenvalue weighted by atomic mass is 31.2. The maximum atomic E-state index is 12.5. The molecule has 0 aromatic heterocycles. The number of benzene rings is 2. The summed E-state index contributed by atoms with van der Waals surface area (Å²) < 4.78 is 23.1. The molecule has 0 amide bonds. The Morgan fingerprint density at radius 1 is 0.913 bits per heavy atom. The molecule has 2 aromatic carbocycles. The first kappa shape index (κ1) is 17.7. The Morgan fingerprint density at radius 2 is 1.52 bits per heavy atom. The minimum atomic E-state index is -3.17. The van der Waals surface area contributed by atoms with E-state index in [1.54, 1.807) is 5.82 Å². The molecular formula is C19H23O3P. The fraction of sp³-hybridized carbons (Fsp3) is 0.263. The molecule has 0 aliphatic heterocycles. The van der Waals surface area contributed by atoms with Gasteiger partial charge in [-0.2, -0.15) is 0 Å². The molecule has 2 rings (SSSR count). The quantitative estimate of drug-likeness (QED) is 0.598. The fourth-order valence-corrected chi connectivity index (χ4v) is 3.64. The molecule has 0 atom stereocenters. The van der Waals surface area contributed by atoms with Crippen molar-refractivity contribution in [3.05, 3.63) is 77.1 Å². The smallest absolute Gasteiger partial charge is 0.306 e. The first-order chi connectivity index (χ1) is 11.2. The maximum Gasteiger partial charge on any atom is 0.354 e. The van der Waals surface area contributed by atoms with Crippen LogP contribution in [0.1, 0.15) is 30.5 Å². The molecule has 0 radical (unpaired) electrons. The minimum Gasteiger partial charge on any atom is -0.306 e. The zero-order valence-corrected chi connectivity index (χ0v) is 14.5. The molecule has 23 heavy (non-hydrogen) atoms. The Kier molecular flexibility index (Phi) is 6.79. The normalized spacial score (nSPS) is 11.9. The lowest BCUT2D eigenvalue weighted by Gasteiger charge is -2.13. The lowest BCUT2D eigenvalue weighted by Crippen LogP contribution is -1.94. The van der Waals surface area contributed by atoms with Crippen LogP contribution in [0, 0.1) is 0 Å². The van der Waals surface area contributed by atoms with Crippen LogP contribution in [0.25, 0.3) is 6.08 Å². The topological polar surface area (TPSA) is 35.5 Å². The van der Waals surface area contributed by atoms with Crippen LogP contribution in [-0.4, -0.2) is 13.2 Å². The van der Waals surface area contributed by atoms with E-state index in [1.165, 1.54) is 11.1 Å². The molecule has 0 aliphatic rings. The highest BCUT2D eigenvalue weighted by Gasteiger charge is 2.18. The molecule has 122 valence electrons. The van der Waals surface area contributed by atoms with Crippen molar-refractivity contribution in [2.75, 3.05) is 13.2 Å². The van der Waals surface area contributed by atoms with Gasteiger partial charge in [-0.15, -0.1) is 0 Å². The molecule has 0 heterocycles. The summed E-state index contributed by atoms with van der Waals surface area (Å²) in [5.74, 6) is 1.56. The van der Waals surface area contributed by atoms with Crippen LogP contribution in [0.2, 0.25) is 0 Å². The summed E-state index contributed by atoms with van der Waals surface area (Å²) in [6.45, 7) is 4.33. The van der Waals surface area contributed by atoms with E-state index in [-0.39, 0.29) is 0 Å². The van der Waals surface area contributed by atoms with Gasteiger partial charge in [0.2, 0.25) is 0 Å².